The highest BCUT2D eigenvalue weighted by molar-refractivity contribution is 5.35. The molecule has 0 saturated carbocycles. The van der Waals surface area contributed by atoms with E-state index in [1.165, 1.54) is 12.1 Å². The van der Waals surface area contributed by atoms with Crippen molar-refractivity contribution < 1.29 is 47.6 Å². The molecule has 0 aromatic heterocycles. The molecule has 0 unspecified atom stereocenters. The van der Waals surface area contributed by atoms with E-state index in [0.717, 1.165) is 5.56 Å². The minimum atomic E-state index is -0.450. The van der Waals surface area contributed by atoms with Gasteiger partial charge in [0.1, 0.15) is 12.4 Å². The minimum absolute atomic E-state index is 0.0283. The molecule has 0 radical (unpaired) electrons. The summed E-state index contributed by atoms with van der Waals surface area (Å²) in [5.41, 5.74) is 1.18. The molecule has 0 aliphatic heterocycles. The van der Waals surface area contributed by atoms with Crippen molar-refractivity contribution in [3.8, 4) is 5.75 Å². The highest BCUT2D eigenvalue weighted by Crippen LogP contribution is 2.17. The number of hydrogen-bond acceptors (Lipinski definition) is 11. The molecule has 0 atom stereocenters. The van der Waals surface area contributed by atoms with E-state index in [4.69, 9.17) is 42.6 Å². The Balaban J connectivity index is 1.19. The Bertz CT molecular complexity index is 871. The Kier molecular flexibility index (Phi) is 21.1. The number of rotatable bonds is 28. The van der Waals surface area contributed by atoms with Gasteiger partial charge >= 0.3 is 0 Å². The van der Waals surface area contributed by atoms with Crippen LogP contribution in [0.2, 0.25) is 0 Å². The van der Waals surface area contributed by atoms with Gasteiger partial charge in [-0.1, -0.05) is 30.3 Å². The van der Waals surface area contributed by atoms with Crippen molar-refractivity contribution in [2.24, 2.45) is 0 Å². The van der Waals surface area contributed by atoms with Gasteiger partial charge in [0.05, 0.1) is 111 Å². The van der Waals surface area contributed by atoms with E-state index in [1.54, 1.807) is 12.1 Å². The number of benzene rings is 2. The van der Waals surface area contributed by atoms with Gasteiger partial charge in [0.15, 0.2) is 0 Å². The topological polar surface area (TPSA) is 126 Å². The monoisotopic (exact) mass is 581 g/mol. The number of nitrogens with zero attached hydrogens (tertiary/aromatic N) is 1. The zero-order chi connectivity index (χ0) is 29.1. The SMILES string of the molecule is O=[N+]([O-])c1ccc(OCCOCCOCCOCCOCCOCCOCCOCCOCc2ccccc2)cc1. The number of nitro groups is 1. The third-order valence-corrected chi connectivity index (χ3v) is 5.26. The maximum atomic E-state index is 10.6. The highest BCUT2D eigenvalue weighted by Gasteiger charge is 2.04. The molecule has 12 nitrogen and oxygen atoms in total. The molecule has 0 aliphatic carbocycles. The Morgan fingerprint density at radius 3 is 1.22 bits per heavy atom. The predicted octanol–water partition coefficient (Wildman–Crippen LogP) is 3.31. The summed E-state index contributed by atoms with van der Waals surface area (Å²) in [6.45, 7) is 8.33. The van der Waals surface area contributed by atoms with E-state index >= 15 is 0 Å². The van der Waals surface area contributed by atoms with Crippen LogP contribution < -0.4 is 4.74 Å². The first-order valence-corrected chi connectivity index (χ1v) is 13.8. The smallest absolute Gasteiger partial charge is 0.269 e. The third-order valence-electron chi connectivity index (χ3n) is 5.26. The van der Waals surface area contributed by atoms with E-state index < -0.39 is 4.92 Å². The van der Waals surface area contributed by atoms with Gasteiger partial charge in [-0.15, -0.1) is 0 Å². The maximum Gasteiger partial charge on any atom is 0.269 e. The molecule has 0 spiro atoms. The van der Waals surface area contributed by atoms with E-state index in [2.05, 4.69) is 0 Å². The lowest BCUT2D eigenvalue weighted by Crippen LogP contribution is -2.15. The van der Waals surface area contributed by atoms with Crippen LogP contribution in [0.5, 0.6) is 5.75 Å². The van der Waals surface area contributed by atoms with E-state index in [-0.39, 0.29) is 5.69 Å². The lowest BCUT2D eigenvalue weighted by molar-refractivity contribution is -0.384. The fourth-order valence-electron chi connectivity index (χ4n) is 3.19. The average Bonchev–Trinajstić information content (AvgIpc) is 2.99. The first kappa shape index (κ1) is 34.5. The van der Waals surface area contributed by atoms with Crippen LogP contribution in [-0.4, -0.2) is 111 Å². The van der Waals surface area contributed by atoms with Crippen LogP contribution in [0.3, 0.4) is 0 Å². The second-order valence-electron chi connectivity index (χ2n) is 8.42. The summed E-state index contributed by atoms with van der Waals surface area (Å²) in [6, 6.07) is 16.0. The molecular formula is C29H43NO11. The Hall–Kier alpha value is -2.68. The van der Waals surface area contributed by atoms with Crippen LogP contribution in [0, 0.1) is 10.1 Å². The van der Waals surface area contributed by atoms with Gasteiger partial charge in [-0.2, -0.15) is 0 Å². The number of nitro benzene ring substituents is 1. The molecule has 0 fully saturated rings. The van der Waals surface area contributed by atoms with Crippen LogP contribution in [-0.2, 0) is 44.5 Å². The Morgan fingerprint density at radius 1 is 0.463 bits per heavy atom. The summed E-state index contributed by atoms with van der Waals surface area (Å²) in [4.78, 5) is 10.2. The molecule has 0 heterocycles. The molecular weight excluding hydrogens is 538 g/mol. The lowest BCUT2D eigenvalue weighted by Gasteiger charge is -2.09. The van der Waals surface area contributed by atoms with E-state index in [0.29, 0.717) is 118 Å². The highest BCUT2D eigenvalue weighted by atomic mass is 16.6. The molecule has 0 saturated heterocycles. The third kappa shape index (κ3) is 19.9. The summed E-state index contributed by atoms with van der Waals surface area (Å²) >= 11 is 0. The summed E-state index contributed by atoms with van der Waals surface area (Å²) in [7, 11) is 0. The Labute approximate surface area is 241 Å². The maximum absolute atomic E-state index is 10.6. The largest absolute Gasteiger partial charge is 0.491 e. The first-order chi connectivity index (χ1) is 20.3. The normalized spacial score (nSPS) is 11.1. The quantitative estimate of drug-likeness (QED) is 0.0835. The van der Waals surface area contributed by atoms with Crippen LogP contribution in [0.4, 0.5) is 5.69 Å². The van der Waals surface area contributed by atoms with Crippen molar-refractivity contribution in [3.63, 3.8) is 0 Å². The van der Waals surface area contributed by atoms with Gasteiger partial charge < -0.3 is 42.6 Å². The molecule has 0 aliphatic rings. The second-order valence-corrected chi connectivity index (χ2v) is 8.42. The van der Waals surface area contributed by atoms with Crippen LogP contribution in [0.1, 0.15) is 5.56 Å². The second kappa shape index (κ2) is 25.1. The van der Waals surface area contributed by atoms with Crippen molar-refractivity contribution in [1.29, 1.82) is 0 Å². The van der Waals surface area contributed by atoms with Crippen molar-refractivity contribution in [3.05, 3.63) is 70.3 Å². The molecule has 0 N–H and O–H groups in total. The zero-order valence-corrected chi connectivity index (χ0v) is 23.7. The van der Waals surface area contributed by atoms with Gasteiger partial charge in [0.2, 0.25) is 0 Å². The summed E-state index contributed by atoms with van der Waals surface area (Å²) in [5.74, 6) is 0.559. The van der Waals surface area contributed by atoms with Crippen molar-refractivity contribution in [1.82, 2.24) is 0 Å². The molecule has 2 aromatic carbocycles. The molecule has 230 valence electrons. The van der Waals surface area contributed by atoms with E-state index in [1.807, 2.05) is 30.3 Å². The molecule has 2 rings (SSSR count). The van der Waals surface area contributed by atoms with Gasteiger partial charge in [-0.25, -0.2) is 0 Å². The molecule has 0 amide bonds. The van der Waals surface area contributed by atoms with Crippen LogP contribution in [0.25, 0.3) is 0 Å². The summed E-state index contributed by atoms with van der Waals surface area (Å²) in [6.07, 6.45) is 0. The van der Waals surface area contributed by atoms with Crippen molar-refractivity contribution in [2.45, 2.75) is 6.61 Å². The van der Waals surface area contributed by atoms with Gasteiger partial charge in [-0.3, -0.25) is 10.1 Å². The molecule has 41 heavy (non-hydrogen) atoms. The average molecular weight is 582 g/mol. The van der Waals surface area contributed by atoms with Gasteiger partial charge in [0.25, 0.3) is 5.69 Å². The number of ether oxygens (including phenoxy) is 9. The number of hydrogen-bond donors (Lipinski definition) is 0. The first-order valence-electron chi connectivity index (χ1n) is 13.8. The van der Waals surface area contributed by atoms with Gasteiger partial charge in [0, 0.05) is 12.1 Å². The summed E-state index contributed by atoms with van der Waals surface area (Å²) < 4.78 is 49.2. The summed E-state index contributed by atoms with van der Waals surface area (Å²) in [5, 5.41) is 10.6. The van der Waals surface area contributed by atoms with Crippen molar-refractivity contribution in [2.75, 3.05) is 106 Å². The molecule has 0 bridgehead atoms. The standard InChI is InChI=1S/C29H43NO11/c31-30(32)28-6-8-29(9-7-28)41-25-24-39-21-20-37-17-16-35-13-12-33-10-11-34-14-15-36-18-19-38-22-23-40-26-27-4-2-1-3-5-27/h1-9H,10-26H2. The zero-order valence-electron chi connectivity index (χ0n) is 23.7. The lowest BCUT2D eigenvalue weighted by atomic mass is 10.2. The van der Waals surface area contributed by atoms with E-state index in [9.17, 15) is 10.1 Å². The van der Waals surface area contributed by atoms with Crippen LogP contribution in [0.15, 0.2) is 54.6 Å². The number of non-ortho nitro benzene ring substituents is 1. The fourth-order valence-corrected chi connectivity index (χ4v) is 3.19. The Morgan fingerprint density at radius 2 is 0.829 bits per heavy atom. The fraction of sp³-hybridized carbons (Fsp3) is 0.586. The van der Waals surface area contributed by atoms with Crippen LogP contribution >= 0.6 is 0 Å². The molecule has 2 aromatic rings. The van der Waals surface area contributed by atoms with Gasteiger partial charge in [-0.05, 0) is 17.7 Å². The molecule has 12 heteroatoms. The van der Waals surface area contributed by atoms with Crippen molar-refractivity contribution >= 4 is 5.69 Å². The minimum Gasteiger partial charge on any atom is -0.491 e. The predicted molar refractivity (Wildman–Crippen MR) is 150 cm³/mol.